The van der Waals surface area contributed by atoms with Gasteiger partial charge < -0.3 is 40.3 Å². The maximum atomic E-state index is 13.0. The van der Waals surface area contributed by atoms with Crippen molar-refractivity contribution in [3.05, 3.63) is 36.5 Å². The average molecular weight is 892 g/mol. The van der Waals surface area contributed by atoms with E-state index in [1.807, 2.05) is 6.08 Å². The van der Waals surface area contributed by atoms with Crippen LogP contribution in [0.5, 0.6) is 0 Å². The van der Waals surface area contributed by atoms with Crippen molar-refractivity contribution in [2.75, 3.05) is 13.2 Å². The Bertz CT molecular complexity index is 1080. The van der Waals surface area contributed by atoms with E-state index in [1.165, 1.54) is 173 Å². The zero-order chi connectivity index (χ0) is 45.9. The third kappa shape index (κ3) is 34.4. The second kappa shape index (κ2) is 44.3. The molecule has 0 aromatic rings. The molecule has 0 aromatic carbocycles. The van der Waals surface area contributed by atoms with Crippen LogP contribution in [0.1, 0.15) is 245 Å². The minimum absolute atomic E-state index is 0.189. The fourth-order valence-electron chi connectivity index (χ4n) is 8.40. The lowest BCUT2D eigenvalue weighted by Crippen LogP contribution is -2.60. The van der Waals surface area contributed by atoms with Crippen LogP contribution in [0.4, 0.5) is 0 Å². The summed E-state index contributed by atoms with van der Waals surface area (Å²) >= 11 is 0. The standard InChI is InChI=1S/C54H101NO8/c1-3-5-7-9-11-13-15-17-19-21-23-25-27-29-31-33-35-37-39-41-43-48(57)47(46-62-54-53(61)52(60)51(59)49(45-56)63-54)55-50(58)44-42-40-38-36-34-32-30-28-26-24-22-20-18-16-14-12-10-8-6-4-2/h24,26,33,35,41,43,47-49,51-54,56-57,59-61H,3-23,25,27-32,34,36-40,42,44-46H2,1-2H3,(H,55,58)/b26-24-,35-33+,43-41+. The number of rotatable bonds is 45. The molecule has 7 atom stereocenters. The predicted octanol–water partition coefficient (Wildman–Crippen LogP) is 12.4. The number of allylic oxidation sites excluding steroid dienone is 5. The van der Waals surface area contributed by atoms with Gasteiger partial charge in [-0.25, -0.2) is 0 Å². The number of hydrogen-bond donors (Lipinski definition) is 6. The van der Waals surface area contributed by atoms with E-state index in [4.69, 9.17) is 9.47 Å². The van der Waals surface area contributed by atoms with Crippen LogP contribution in [-0.2, 0) is 14.3 Å². The molecule has 370 valence electrons. The van der Waals surface area contributed by atoms with Crippen molar-refractivity contribution in [1.82, 2.24) is 5.32 Å². The summed E-state index contributed by atoms with van der Waals surface area (Å²) in [7, 11) is 0. The highest BCUT2D eigenvalue weighted by molar-refractivity contribution is 5.76. The number of amides is 1. The summed E-state index contributed by atoms with van der Waals surface area (Å²) in [6.45, 7) is 3.78. The lowest BCUT2D eigenvalue weighted by molar-refractivity contribution is -0.302. The van der Waals surface area contributed by atoms with E-state index in [-0.39, 0.29) is 12.5 Å². The van der Waals surface area contributed by atoms with Crippen LogP contribution in [0.15, 0.2) is 36.5 Å². The lowest BCUT2D eigenvalue weighted by atomic mass is 9.99. The Morgan fingerprint density at radius 3 is 1.33 bits per heavy atom. The molecule has 1 aliphatic heterocycles. The number of carbonyl (C=O) groups is 1. The van der Waals surface area contributed by atoms with E-state index in [2.05, 4.69) is 43.5 Å². The third-order valence-corrected chi connectivity index (χ3v) is 12.7. The smallest absolute Gasteiger partial charge is 0.220 e. The molecule has 9 heteroatoms. The average Bonchev–Trinajstić information content (AvgIpc) is 3.28. The molecule has 7 unspecified atom stereocenters. The maximum Gasteiger partial charge on any atom is 0.220 e. The SMILES string of the molecule is CCCCCCCCCCC/C=C\CCCCCCCCCC(=O)NC(COC1OC(CO)C(O)C(O)C1O)C(O)/C=C/CC/C=C/CCCCCCCCCCCCCCCC. The molecule has 0 aromatic heterocycles. The van der Waals surface area contributed by atoms with Crippen molar-refractivity contribution < 1.29 is 39.8 Å². The van der Waals surface area contributed by atoms with Crippen LogP contribution in [0.25, 0.3) is 0 Å². The summed E-state index contributed by atoms with van der Waals surface area (Å²) in [5.41, 5.74) is 0. The third-order valence-electron chi connectivity index (χ3n) is 12.7. The van der Waals surface area contributed by atoms with E-state index >= 15 is 0 Å². The van der Waals surface area contributed by atoms with Gasteiger partial charge in [0.15, 0.2) is 6.29 Å². The molecule has 1 fully saturated rings. The van der Waals surface area contributed by atoms with Gasteiger partial charge in [0, 0.05) is 6.42 Å². The molecule has 0 radical (unpaired) electrons. The zero-order valence-corrected chi connectivity index (χ0v) is 40.8. The normalized spacial score (nSPS) is 20.4. The van der Waals surface area contributed by atoms with Crippen molar-refractivity contribution >= 4 is 5.91 Å². The van der Waals surface area contributed by atoms with Gasteiger partial charge in [-0.1, -0.05) is 217 Å². The first-order valence-electron chi connectivity index (χ1n) is 26.7. The topological polar surface area (TPSA) is 149 Å². The predicted molar refractivity (Wildman–Crippen MR) is 263 cm³/mol. The number of aliphatic hydroxyl groups excluding tert-OH is 5. The molecule has 6 N–H and O–H groups in total. The Balaban J connectivity index is 2.31. The fraction of sp³-hybridized carbons (Fsp3) is 0.870. The van der Waals surface area contributed by atoms with Gasteiger partial charge in [0.25, 0.3) is 0 Å². The van der Waals surface area contributed by atoms with Crippen LogP contribution in [-0.4, -0.2) is 87.5 Å². The number of nitrogens with one attached hydrogen (secondary N) is 1. The van der Waals surface area contributed by atoms with E-state index in [0.29, 0.717) is 6.42 Å². The highest BCUT2D eigenvalue weighted by atomic mass is 16.7. The van der Waals surface area contributed by atoms with Gasteiger partial charge in [-0.2, -0.15) is 0 Å². The molecule has 9 nitrogen and oxygen atoms in total. The summed E-state index contributed by atoms with van der Waals surface area (Å²) in [5, 5.41) is 54.4. The van der Waals surface area contributed by atoms with Gasteiger partial charge in [-0.15, -0.1) is 0 Å². The Hall–Kier alpha value is -1.59. The van der Waals surface area contributed by atoms with Crippen LogP contribution in [0, 0.1) is 0 Å². The van der Waals surface area contributed by atoms with Gasteiger partial charge >= 0.3 is 0 Å². The molecule has 1 aliphatic rings. The number of unbranched alkanes of at least 4 members (excludes halogenated alkanes) is 31. The number of carbonyl (C=O) groups excluding carboxylic acids is 1. The second-order valence-electron chi connectivity index (χ2n) is 18.7. The quantitative estimate of drug-likeness (QED) is 0.0261. The van der Waals surface area contributed by atoms with Crippen LogP contribution < -0.4 is 5.32 Å². The summed E-state index contributed by atoms with van der Waals surface area (Å²) in [6, 6.07) is -0.823. The zero-order valence-electron chi connectivity index (χ0n) is 40.8. The van der Waals surface area contributed by atoms with Crippen molar-refractivity contribution in [2.45, 2.75) is 288 Å². The van der Waals surface area contributed by atoms with Gasteiger partial charge in [0.05, 0.1) is 25.4 Å². The summed E-state index contributed by atoms with van der Waals surface area (Å²) in [5.74, 6) is -0.189. The van der Waals surface area contributed by atoms with Gasteiger partial charge in [0.1, 0.15) is 24.4 Å². The second-order valence-corrected chi connectivity index (χ2v) is 18.7. The van der Waals surface area contributed by atoms with Gasteiger partial charge in [0.2, 0.25) is 5.91 Å². The number of hydrogen-bond acceptors (Lipinski definition) is 8. The Morgan fingerprint density at radius 2 is 0.905 bits per heavy atom. The van der Waals surface area contributed by atoms with Crippen LogP contribution in [0.3, 0.4) is 0 Å². The summed E-state index contributed by atoms with van der Waals surface area (Å²) in [6.07, 6.45) is 49.1. The van der Waals surface area contributed by atoms with E-state index in [0.717, 1.165) is 51.4 Å². The molecule has 0 aliphatic carbocycles. The van der Waals surface area contributed by atoms with Crippen LogP contribution >= 0.6 is 0 Å². The molecular weight excluding hydrogens is 791 g/mol. The summed E-state index contributed by atoms with van der Waals surface area (Å²) < 4.78 is 11.2. The van der Waals surface area contributed by atoms with Crippen molar-refractivity contribution in [2.24, 2.45) is 0 Å². The molecule has 0 spiro atoms. The van der Waals surface area contributed by atoms with Gasteiger partial charge in [-0.3, -0.25) is 4.79 Å². The minimum Gasteiger partial charge on any atom is -0.394 e. The Kier molecular flexibility index (Phi) is 41.7. The molecule has 1 rings (SSSR count). The highest BCUT2D eigenvalue weighted by Gasteiger charge is 2.44. The first kappa shape index (κ1) is 59.4. The first-order valence-corrected chi connectivity index (χ1v) is 26.7. The molecule has 0 bridgehead atoms. The van der Waals surface area contributed by atoms with E-state index in [9.17, 15) is 30.3 Å². The Labute approximate surface area is 387 Å². The summed E-state index contributed by atoms with van der Waals surface area (Å²) in [4.78, 5) is 13.0. The maximum absolute atomic E-state index is 13.0. The van der Waals surface area contributed by atoms with E-state index in [1.54, 1.807) is 6.08 Å². The van der Waals surface area contributed by atoms with Crippen molar-refractivity contribution in [1.29, 1.82) is 0 Å². The monoisotopic (exact) mass is 892 g/mol. The van der Waals surface area contributed by atoms with E-state index < -0.39 is 49.5 Å². The van der Waals surface area contributed by atoms with Crippen molar-refractivity contribution in [3.63, 3.8) is 0 Å². The number of aliphatic hydroxyl groups is 5. The fourth-order valence-corrected chi connectivity index (χ4v) is 8.40. The number of ether oxygens (including phenoxy) is 2. The van der Waals surface area contributed by atoms with Crippen molar-refractivity contribution in [3.8, 4) is 0 Å². The lowest BCUT2D eigenvalue weighted by Gasteiger charge is -2.40. The highest BCUT2D eigenvalue weighted by Crippen LogP contribution is 2.23. The first-order chi connectivity index (χ1) is 30.8. The largest absolute Gasteiger partial charge is 0.394 e. The molecule has 1 amide bonds. The minimum atomic E-state index is -1.57. The molecule has 0 saturated carbocycles. The van der Waals surface area contributed by atoms with Gasteiger partial charge in [-0.05, 0) is 57.8 Å². The molecule has 63 heavy (non-hydrogen) atoms. The van der Waals surface area contributed by atoms with Crippen LogP contribution in [0.2, 0.25) is 0 Å². The molecular formula is C54H101NO8. The Morgan fingerprint density at radius 1 is 0.524 bits per heavy atom. The molecule has 1 saturated heterocycles. The molecule has 1 heterocycles.